The molecule has 2 aromatic carbocycles. The molecule has 0 aliphatic heterocycles. The lowest BCUT2D eigenvalue weighted by Crippen LogP contribution is -3.00. The van der Waals surface area contributed by atoms with Gasteiger partial charge in [0.2, 0.25) is 6.33 Å². The highest BCUT2D eigenvalue weighted by molar-refractivity contribution is 5.97. The molecular weight excluding hydrogens is 440 g/mol. The highest BCUT2D eigenvalue weighted by atomic mass is 35.5. The van der Waals surface area contributed by atoms with Crippen LogP contribution in [0.3, 0.4) is 0 Å². The number of anilines is 6. The fourth-order valence-corrected chi connectivity index (χ4v) is 2.93. The number of carbonyl (C=O) groups is 2. The summed E-state index contributed by atoms with van der Waals surface area (Å²) in [4.78, 5) is 24.6. The van der Waals surface area contributed by atoms with Crippen LogP contribution < -0.4 is 50.5 Å². The molecule has 12 N–H and O–H groups in total. The van der Waals surface area contributed by atoms with E-state index < -0.39 is 11.8 Å². The van der Waals surface area contributed by atoms with Crippen LogP contribution in [0.25, 0.3) is 0 Å². The zero-order valence-electron chi connectivity index (χ0n) is 16.7. The minimum Gasteiger partial charge on any atom is -1.00 e. The molecule has 0 fully saturated rings. The van der Waals surface area contributed by atoms with Gasteiger partial charge in [-0.15, -0.1) is 0 Å². The fraction of sp³-hybridized carbons (Fsp3) is 0.105. The lowest BCUT2D eigenvalue weighted by atomic mass is 10.2. The average Bonchev–Trinajstić information content (AvgIpc) is 3.07. The maximum atomic E-state index is 12.3. The van der Waals surface area contributed by atoms with Crippen molar-refractivity contribution in [2.24, 2.45) is 0 Å². The van der Waals surface area contributed by atoms with E-state index in [9.17, 15) is 19.8 Å². The van der Waals surface area contributed by atoms with E-state index in [1.165, 1.54) is 39.7 Å². The zero-order valence-corrected chi connectivity index (χ0v) is 17.5. The monoisotopic (exact) mass is 462 g/mol. The van der Waals surface area contributed by atoms with Gasteiger partial charge in [-0.25, -0.2) is 9.13 Å². The van der Waals surface area contributed by atoms with E-state index in [4.69, 9.17) is 22.9 Å². The summed E-state index contributed by atoms with van der Waals surface area (Å²) in [5.41, 5.74) is 23.6. The first-order chi connectivity index (χ1) is 14.6. The summed E-state index contributed by atoms with van der Waals surface area (Å²) in [6.45, 7) is -0.187. The summed E-state index contributed by atoms with van der Waals surface area (Å²) in [5, 5.41) is 24.9. The number of nitrogens with two attached hydrogens (primary N) is 4. The SMILES string of the molecule is Nc1cc(N)c(NC(=O)Cn2cc[n+](CC(=O)Nc3c(N)cc(N)cc3O)c2)c(O)c1.[Cl-]. The van der Waals surface area contributed by atoms with Gasteiger partial charge >= 0.3 is 0 Å². The Kier molecular flexibility index (Phi) is 7.23. The second-order valence-electron chi connectivity index (χ2n) is 6.86. The lowest BCUT2D eigenvalue weighted by molar-refractivity contribution is -0.683. The molecule has 0 bridgehead atoms. The Balaban J connectivity index is 0.00000363. The number of phenols is 2. The fourth-order valence-electron chi connectivity index (χ4n) is 2.93. The van der Waals surface area contributed by atoms with Crippen LogP contribution >= 0.6 is 0 Å². The van der Waals surface area contributed by atoms with Crippen molar-refractivity contribution in [2.45, 2.75) is 13.1 Å². The Labute approximate surface area is 188 Å². The summed E-state index contributed by atoms with van der Waals surface area (Å²) in [6, 6.07) is 5.39. The van der Waals surface area contributed by atoms with Crippen molar-refractivity contribution in [3.05, 3.63) is 43.0 Å². The number of imidazole rings is 1. The Morgan fingerprint density at radius 3 is 1.88 bits per heavy atom. The molecule has 1 aromatic heterocycles. The number of aromatic nitrogens is 2. The highest BCUT2D eigenvalue weighted by Crippen LogP contribution is 2.33. The second kappa shape index (κ2) is 9.66. The molecule has 0 radical (unpaired) electrons. The summed E-state index contributed by atoms with van der Waals surface area (Å²) in [6.07, 6.45) is 4.72. The molecule has 0 atom stereocenters. The number of nitrogens with one attached hydrogen (secondary N) is 2. The summed E-state index contributed by atoms with van der Waals surface area (Å²) in [7, 11) is 0. The van der Waals surface area contributed by atoms with Gasteiger partial charge in [0.05, 0.1) is 11.4 Å². The van der Waals surface area contributed by atoms with Crippen molar-refractivity contribution in [2.75, 3.05) is 33.6 Å². The smallest absolute Gasteiger partial charge is 0.266 e. The number of hydrogen-bond donors (Lipinski definition) is 8. The molecule has 0 unspecified atom stereocenters. The number of amides is 2. The van der Waals surface area contributed by atoms with Crippen molar-refractivity contribution >= 4 is 45.9 Å². The zero-order chi connectivity index (χ0) is 22.7. The van der Waals surface area contributed by atoms with Crippen LogP contribution in [0.4, 0.5) is 34.1 Å². The van der Waals surface area contributed by atoms with E-state index in [2.05, 4.69) is 10.6 Å². The molecule has 2 amide bonds. The average molecular weight is 463 g/mol. The van der Waals surface area contributed by atoms with Crippen molar-refractivity contribution in [3.8, 4) is 11.5 Å². The molecule has 0 saturated heterocycles. The number of carbonyl (C=O) groups excluding carboxylic acids is 2. The maximum absolute atomic E-state index is 12.3. The topological polar surface area (TPSA) is 212 Å². The Bertz CT molecular complexity index is 1030. The van der Waals surface area contributed by atoms with E-state index in [1.807, 2.05) is 0 Å². The van der Waals surface area contributed by atoms with Gasteiger partial charge < -0.3 is 56.2 Å². The van der Waals surface area contributed by atoms with Crippen molar-refractivity contribution in [1.82, 2.24) is 4.57 Å². The van der Waals surface area contributed by atoms with Crippen LogP contribution in [0.2, 0.25) is 0 Å². The molecule has 0 saturated carbocycles. The third kappa shape index (κ3) is 5.64. The van der Waals surface area contributed by atoms with Crippen LogP contribution in [-0.4, -0.2) is 26.6 Å². The van der Waals surface area contributed by atoms with Crippen LogP contribution in [0, 0.1) is 0 Å². The molecule has 170 valence electrons. The molecular formula is C19H23ClN8O4. The highest BCUT2D eigenvalue weighted by Gasteiger charge is 2.17. The van der Waals surface area contributed by atoms with Gasteiger partial charge in [-0.05, 0) is 12.1 Å². The second-order valence-corrected chi connectivity index (χ2v) is 6.86. The molecule has 1 heterocycles. The van der Waals surface area contributed by atoms with Gasteiger partial charge in [0.1, 0.15) is 35.3 Å². The largest absolute Gasteiger partial charge is 1.00 e. The van der Waals surface area contributed by atoms with Crippen molar-refractivity contribution in [1.29, 1.82) is 0 Å². The molecule has 12 nitrogen and oxygen atoms in total. The maximum Gasteiger partial charge on any atom is 0.266 e. The van der Waals surface area contributed by atoms with Gasteiger partial charge in [-0.3, -0.25) is 9.59 Å². The number of benzene rings is 2. The van der Waals surface area contributed by atoms with Crippen LogP contribution in [-0.2, 0) is 22.7 Å². The number of rotatable bonds is 6. The molecule has 3 aromatic rings. The first kappa shape index (κ1) is 24.0. The third-order valence-electron chi connectivity index (χ3n) is 4.27. The number of nitrogens with zero attached hydrogens (tertiary/aromatic N) is 2. The quantitative estimate of drug-likeness (QED) is 0.106. The van der Waals surface area contributed by atoms with E-state index in [-0.39, 0.29) is 71.1 Å². The van der Waals surface area contributed by atoms with Gasteiger partial charge in [-0.1, -0.05) is 0 Å². The predicted molar refractivity (Wildman–Crippen MR) is 116 cm³/mol. The van der Waals surface area contributed by atoms with Gasteiger partial charge in [-0.2, -0.15) is 0 Å². The normalized spacial score (nSPS) is 10.2. The predicted octanol–water partition coefficient (Wildman–Crippen LogP) is -3.20. The molecule has 0 spiro atoms. The van der Waals surface area contributed by atoms with E-state index >= 15 is 0 Å². The summed E-state index contributed by atoms with van der Waals surface area (Å²) in [5.74, 6) is -1.37. The van der Waals surface area contributed by atoms with Crippen LogP contribution in [0.1, 0.15) is 0 Å². The standard InChI is InChI=1S/C19H22N8O4.ClH/c20-10-3-12(22)18(14(28)5-10)24-16(30)7-26-1-2-27(9-26)8-17(31)25-19-13(23)4-11(21)6-15(19)29;/h1-6,9H,7-8,20-23H2,(H3-,24,25,28,29,30,31);1H. The number of hydrogen-bond acceptors (Lipinski definition) is 8. The Morgan fingerprint density at radius 1 is 0.875 bits per heavy atom. The molecule has 3 rings (SSSR count). The van der Waals surface area contributed by atoms with Gasteiger partial charge in [0.15, 0.2) is 13.1 Å². The molecule has 0 aliphatic carbocycles. The molecule has 32 heavy (non-hydrogen) atoms. The number of phenolic OH excluding ortho intramolecular Hbond substituents is 2. The number of halogens is 1. The van der Waals surface area contributed by atoms with Gasteiger partial charge in [0.25, 0.3) is 11.8 Å². The van der Waals surface area contributed by atoms with E-state index in [0.717, 1.165) is 0 Å². The Hall–Kier alpha value is -4.32. The first-order valence-corrected chi connectivity index (χ1v) is 9.03. The van der Waals surface area contributed by atoms with Crippen LogP contribution in [0.15, 0.2) is 43.0 Å². The molecule has 0 aliphatic rings. The minimum atomic E-state index is -0.446. The number of aromatic hydroxyl groups is 2. The molecule has 13 heteroatoms. The Morgan fingerprint density at radius 2 is 1.38 bits per heavy atom. The van der Waals surface area contributed by atoms with Crippen molar-refractivity contribution < 1.29 is 36.8 Å². The van der Waals surface area contributed by atoms with Crippen molar-refractivity contribution in [3.63, 3.8) is 0 Å². The minimum absolute atomic E-state index is 0. The van der Waals surface area contributed by atoms with Crippen LogP contribution in [0.5, 0.6) is 11.5 Å². The lowest BCUT2D eigenvalue weighted by Gasteiger charge is -2.10. The first-order valence-electron chi connectivity index (χ1n) is 9.03. The summed E-state index contributed by atoms with van der Waals surface area (Å²) >= 11 is 0. The summed E-state index contributed by atoms with van der Waals surface area (Å²) < 4.78 is 3.06. The number of nitrogen functional groups attached to an aromatic ring is 4. The van der Waals surface area contributed by atoms with E-state index in [0.29, 0.717) is 0 Å². The van der Waals surface area contributed by atoms with Gasteiger partial charge in [0, 0.05) is 23.5 Å². The van der Waals surface area contributed by atoms with E-state index in [1.54, 1.807) is 12.4 Å². The third-order valence-corrected chi connectivity index (χ3v) is 4.27.